The Hall–Kier alpha value is -3.06. The van der Waals surface area contributed by atoms with Crippen molar-refractivity contribution in [2.24, 2.45) is 0 Å². The molecule has 2 aromatic rings. The van der Waals surface area contributed by atoms with Crippen LogP contribution in [0.25, 0.3) is 0 Å². The third-order valence-electron chi connectivity index (χ3n) is 4.27. The van der Waals surface area contributed by atoms with Crippen LogP contribution in [0.5, 0.6) is 0 Å². The summed E-state index contributed by atoms with van der Waals surface area (Å²) in [5.74, 6) is 0. The first-order chi connectivity index (χ1) is 14.8. The van der Waals surface area contributed by atoms with Crippen molar-refractivity contribution in [1.29, 1.82) is 0 Å². The van der Waals surface area contributed by atoms with Crippen molar-refractivity contribution in [3.05, 3.63) is 71.3 Å². The van der Waals surface area contributed by atoms with E-state index < -0.39 is 17.8 Å². The maximum atomic E-state index is 12.2. The van der Waals surface area contributed by atoms with E-state index >= 15 is 0 Å². The number of hydrogen-bond donors (Lipinski definition) is 2. The number of carbonyl (C=O) groups is 2. The van der Waals surface area contributed by atoms with E-state index in [9.17, 15) is 9.59 Å². The molecular weight excluding hydrogens is 396 g/mol. The van der Waals surface area contributed by atoms with Gasteiger partial charge in [-0.05, 0) is 43.9 Å². The topological polar surface area (TPSA) is 85.9 Å². The molecule has 2 rings (SSSR count). The van der Waals surface area contributed by atoms with Gasteiger partial charge in [0.05, 0.1) is 12.6 Å². The van der Waals surface area contributed by atoms with Crippen molar-refractivity contribution in [2.45, 2.75) is 45.4 Å². The lowest BCUT2D eigenvalue weighted by Crippen LogP contribution is -2.36. The van der Waals surface area contributed by atoms with Gasteiger partial charge in [0.15, 0.2) is 0 Å². The summed E-state index contributed by atoms with van der Waals surface area (Å²) in [7, 11) is 1.58. The van der Waals surface area contributed by atoms with Crippen molar-refractivity contribution >= 4 is 12.2 Å². The van der Waals surface area contributed by atoms with Crippen molar-refractivity contribution < 1.29 is 23.8 Å². The van der Waals surface area contributed by atoms with Crippen molar-refractivity contribution in [3.8, 4) is 0 Å². The minimum absolute atomic E-state index is 0.233. The molecule has 2 amide bonds. The number of nitrogens with one attached hydrogen (secondary N) is 2. The van der Waals surface area contributed by atoms with E-state index in [1.807, 2.05) is 75.4 Å². The minimum Gasteiger partial charge on any atom is -0.445 e. The second-order valence-corrected chi connectivity index (χ2v) is 8.14. The summed E-state index contributed by atoms with van der Waals surface area (Å²) in [5, 5.41) is 5.61. The molecule has 0 aliphatic carbocycles. The predicted octanol–water partition coefficient (Wildman–Crippen LogP) is 4.37. The second kappa shape index (κ2) is 12.0. The van der Waals surface area contributed by atoms with E-state index in [-0.39, 0.29) is 12.6 Å². The summed E-state index contributed by atoms with van der Waals surface area (Å²) in [6.07, 6.45) is -0.327. The number of rotatable bonds is 9. The largest absolute Gasteiger partial charge is 0.445 e. The van der Waals surface area contributed by atoms with Crippen LogP contribution in [0.3, 0.4) is 0 Å². The molecule has 31 heavy (non-hydrogen) atoms. The highest BCUT2D eigenvalue weighted by Crippen LogP contribution is 2.17. The van der Waals surface area contributed by atoms with E-state index in [0.717, 1.165) is 16.7 Å². The fourth-order valence-electron chi connectivity index (χ4n) is 2.89. The summed E-state index contributed by atoms with van der Waals surface area (Å²) in [6, 6.07) is 17.0. The van der Waals surface area contributed by atoms with Gasteiger partial charge >= 0.3 is 12.2 Å². The molecule has 0 unspecified atom stereocenters. The van der Waals surface area contributed by atoms with Crippen molar-refractivity contribution in [3.63, 3.8) is 0 Å². The van der Waals surface area contributed by atoms with Crippen LogP contribution in [0, 0.1) is 0 Å². The first-order valence-electron chi connectivity index (χ1n) is 10.3. The second-order valence-electron chi connectivity index (χ2n) is 8.14. The Bertz CT molecular complexity index is 833. The smallest absolute Gasteiger partial charge is 0.408 e. The highest BCUT2D eigenvalue weighted by molar-refractivity contribution is 5.68. The van der Waals surface area contributed by atoms with Crippen LogP contribution in [-0.2, 0) is 27.2 Å². The molecule has 0 aliphatic heterocycles. The monoisotopic (exact) mass is 428 g/mol. The van der Waals surface area contributed by atoms with Gasteiger partial charge in [-0.1, -0.05) is 54.6 Å². The molecule has 0 saturated heterocycles. The molecule has 0 radical (unpaired) electrons. The van der Waals surface area contributed by atoms with Crippen molar-refractivity contribution in [1.82, 2.24) is 10.6 Å². The minimum atomic E-state index is -0.579. The zero-order chi connectivity index (χ0) is 22.7. The van der Waals surface area contributed by atoms with Gasteiger partial charge in [-0.25, -0.2) is 9.59 Å². The molecule has 0 spiro atoms. The van der Waals surface area contributed by atoms with E-state index in [4.69, 9.17) is 14.2 Å². The van der Waals surface area contributed by atoms with Gasteiger partial charge in [0.25, 0.3) is 0 Å². The molecular formula is C24H32N2O5. The summed E-state index contributed by atoms with van der Waals surface area (Å²) < 4.78 is 15.8. The maximum Gasteiger partial charge on any atom is 0.408 e. The predicted molar refractivity (Wildman–Crippen MR) is 119 cm³/mol. The molecule has 0 bridgehead atoms. The number of ether oxygens (including phenoxy) is 3. The lowest BCUT2D eigenvalue weighted by molar-refractivity contribution is 0.0467. The zero-order valence-corrected chi connectivity index (χ0v) is 18.6. The van der Waals surface area contributed by atoms with Crippen LogP contribution in [0.4, 0.5) is 9.59 Å². The van der Waals surface area contributed by atoms with Gasteiger partial charge in [-0.2, -0.15) is 0 Å². The number of alkyl carbamates (subject to hydrolysis) is 2. The van der Waals surface area contributed by atoms with Crippen molar-refractivity contribution in [2.75, 3.05) is 20.3 Å². The standard InChI is InChI=1S/C24H32N2O5/c1-24(2,3)31-23(28)26-21(17-29-4)20-12-8-11-18(15-20)13-14-25-22(27)30-16-19-9-6-5-7-10-19/h5-12,15,21H,13-14,16-17H2,1-4H3,(H,25,27)(H,26,28)/t21-/m1/s1. The molecule has 7 nitrogen and oxygen atoms in total. The van der Waals surface area contributed by atoms with Gasteiger partial charge in [0.2, 0.25) is 0 Å². The number of hydrogen-bond acceptors (Lipinski definition) is 5. The van der Waals surface area contributed by atoms with Crippen LogP contribution in [0.1, 0.15) is 43.5 Å². The number of benzene rings is 2. The Kier molecular flexibility index (Phi) is 9.34. The van der Waals surface area contributed by atoms with Crippen LogP contribution in [0.15, 0.2) is 54.6 Å². The molecule has 0 fully saturated rings. The van der Waals surface area contributed by atoms with Gasteiger partial charge in [-0.3, -0.25) is 0 Å². The van der Waals surface area contributed by atoms with Gasteiger partial charge < -0.3 is 24.8 Å². The van der Waals surface area contributed by atoms with Crippen LogP contribution in [0.2, 0.25) is 0 Å². The number of carbonyl (C=O) groups excluding carboxylic acids is 2. The Morgan fingerprint density at radius 3 is 2.35 bits per heavy atom. The molecule has 7 heteroatoms. The molecule has 2 aromatic carbocycles. The summed E-state index contributed by atoms with van der Waals surface area (Å²) >= 11 is 0. The zero-order valence-electron chi connectivity index (χ0n) is 18.6. The van der Waals surface area contributed by atoms with E-state index in [1.165, 1.54) is 0 Å². The van der Waals surface area contributed by atoms with Crippen LogP contribution in [-0.4, -0.2) is 38.0 Å². The highest BCUT2D eigenvalue weighted by atomic mass is 16.6. The van der Waals surface area contributed by atoms with Gasteiger partial charge in [0, 0.05) is 13.7 Å². The Labute approximate surface area is 184 Å². The molecule has 1 atom stereocenters. The summed E-state index contributed by atoms with van der Waals surface area (Å²) in [4.78, 5) is 24.1. The average molecular weight is 429 g/mol. The van der Waals surface area contributed by atoms with E-state index in [0.29, 0.717) is 19.6 Å². The van der Waals surface area contributed by atoms with E-state index in [2.05, 4.69) is 10.6 Å². The average Bonchev–Trinajstić information content (AvgIpc) is 2.71. The molecule has 2 N–H and O–H groups in total. The van der Waals surface area contributed by atoms with Gasteiger partial charge in [0.1, 0.15) is 12.2 Å². The third kappa shape index (κ3) is 9.53. The molecule has 0 saturated carbocycles. The number of amides is 2. The first-order valence-corrected chi connectivity index (χ1v) is 10.3. The normalized spacial score (nSPS) is 12.0. The molecule has 168 valence electrons. The maximum absolute atomic E-state index is 12.2. The fourth-order valence-corrected chi connectivity index (χ4v) is 2.89. The molecule has 0 aromatic heterocycles. The third-order valence-corrected chi connectivity index (χ3v) is 4.27. The summed E-state index contributed by atoms with van der Waals surface area (Å²) in [5.41, 5.74) is 2.28. The highest BCUT2D eigenvalue weighted by Gasteiger charge is 2.20. The SMILES string of the molecule is COC[C@@H](NC(=O)OC(C)(C)C)c1cccc(CCNC(=O)OCc2ccccc2)c1. The Balaban J connectivity index is 1.86. The summed E-state index contributed by atoms with van der Waals surface area (Å²) in [6.45, 7) is 6.43. The quantitative estimate of drug-likeness (QED) is 0.620. The van der Waals surface area contributed by atoms with Crippen LogP contribution >= 0.6 is 0 Å². The van der Waals surface area contributed by atoms with E-state index in [1.54, 1.807) is 7.11 Å². The van der Waals surface area contributed by atoms with Gasteiger partial charge in [-0.15, -0.1) is 0 Å². The molecule has 0 heterocycles. The number of methoxy groups -OCH3 is 1. The molecule has 0 aliphatic rings. The lowest BCUT2D eigenvalue weighted by atomic mass is 10.0. The first kappa shape index (κ1) is 24.2. The Morgan fingerprint density at radius 1 is 0.968 bits per heavy atom. The lowest BCUT2D eigenvalue weighted by Gasteiger charge is -2.24. The Morgan fingerprint density at radius 2 is 1.68 bits per heavy atom. The van der Waals surface area contributed by atoms with Crippen LogP contribution < -0.4 is 10.6 Å². The fraction of sp³-hybridized carbons (Fsp3) is 0.417.